The van der Waals surface area contributed by atoms with Gasteiger partial charge in [-0.1, -0.05) is 0 Å². The van der Waals surface area contributed by atoms with E-state index in [-0.39, 0.29) is 13.1 Å². The monoisotopic (exact) mass is 301 g/mol. The van der Waals surface area contributed by atoms with E-state index in [0.29, 0.717) is 12.8 Å². The van der Waals surface area contributed by atoms with Crippen molar-refractivity contribution in [1.29, 1.82) is 0 Å². The molecule has 114 valence electrons. The lowest BCUT2D eigenvalue weighted by atomic mass is 9.97. The number of amides is 1. The van der Waals surface area contributed by atoms with E-state index in [0.717, 1.165) is 29.2 Å². The van der Waals surface area contributed by atoms with E-state index < -0.39 is 35.1 Å². The van der Waals surface area contributed by atoms with Crippen molar-refractivity contribution in [3.8, 4) is 0 Å². The van der Waals surface area contributed by atoms with E-state index in [1.54, 1.807) is 0 Å². The minimum absolute atomic E-state index is 0.0966. The second kappa shape index (κ2) is 5.75. The predicted molar refractivity (Wildman–Crippen MR) is 67.2 cm³/mol. The molecule has 0 bridgehead atoms. The topological polar surface area (TPSA) is 57.6 Å². The average Bonchev–Trinajstić information content (AvgIpc) is 2.47. The number of carboxylic acids is 1. The third kappa shape index (κ3) is 3.17. The van der Waals surface area contributed by atoms with Crippen LogP contribution in [0.3, 0.4) is 0 Å². The highest BCUT2D eigenvalue weighted by molar-refractivity contribution is 5.85. The minimum Gasteiger partial charge on any atom is -0.481 e. The van der Waals surface area contributed by atoms with Crippen molar-refractivity contribution in [3.05, 3.63) is 35.6 Å². The minimum atomic E-state index is -3.80. The molecule has 4 nitrogen and oxygen atoms in total. The zero-order valence-corrected chi connectivity index (χ0v) is 11.1. The number of benzene rings is 1. The van der Waals surface area contributed by atoms with Crippen LogP contribution in [0.2, 0.25) is 0 Å². The molecule has 0 aliphatic carbocycles. The van der Waals surface area contributed by atoms with E-state index in [4.69, 9.17) is 5.11 Å². The summed E-state index contributed by atoms with van der Waals surface area (Å²) >= 11 is 0. The first-order chi connectivity index (χ1) is 9.82. The molecule has 7 heteroatoms. The number of carboxylic acid groups (broad SMARTS) is 1. The lowest BCUT2D eigenvalue weighted by molar-refractivity contribution is -0.162. The molecule has 1 aromatic carbocycles. The van der Waals surface area contributed by atoms with E-state index in [1.165, 1.54) is 0 Å². The third-order valence-electron chi connectivity index (χ3n) is 3.53. The summed E-state index contributed by atoms with van der Waals surface area (Å²) in [5, 5.41) is 8.92. The van der Waals surface area contributed by atoms with Gasteiger partial charge >= 0.3 is 11.9 Å². The zero-order valence-electron chi connectivity index (χ0n) is 11.1. The number of rotatable bonds is 3. The highest BCUT2D eigenvalue weighted by atomic mass is 19.3. The van der Waals surface area contributed by atoms with Gasteiger partial charge in [-0.3, -0.25) is 9.59 Å². The van der Waals surface area contributed by atoms with Gasteiger partial charge in [-0.15, -0.1) is 0 Å². The van der Waals surface area contributed by atoms with E-state index in [2.05, 4.69) is 0 Å². The van der Waals surface area contributed by atoms with Gasteiger partial charge in [0, 0.05) is 18.7 Å². The van der Waals surface area contributed by atoms with Gasteiger partial charge in [-0.2, -0.15) is 8.78 Å². The normalized spacial score (nSPS) is 19.4. The van der Waals surface area contributed by atoms with Gasteiger partial charge in [0.15, 0.2) is 0 Å². The first-order valence-corrected chi connectivity index (χ1v) is 6.48. The summed E-state index contributed by atoms with van der Waals surface area (Å²) in [6.07, 6.45) is 0.726. The number of halogens is 3. The molecule has 21 heavy (non-hydrogen) atoms. The van der Waals surface area contributed by atoms with Crippen LogP contribution in [0.5, 0.6) is 0 Å². The standard InChI is InChI=1S/C14H14F3NO3/c15-11-5-3-10(4-6-11)14(16,17)13(21)18-7-1-2-9(8-18)12(19)20/h3-6,9H,1-2,7-8H2,(H,19,20). The Kier molecular flexibility index (Phi) is 4.20. The maximum absolute atomic E-state index is 14.1. The summed E-state index contributed by atoms with van der Waals surface area (Å²) in [5.41, 5.74) is -0.605. The Morgan fingerprint density at radius 2 is 1.86 bits per heavy atom. The molecule has 1 aromatic rings. The molecule has 1 unspecified atom stereocenters. The Morgan fingerprint density at radius 3 is 2.43 bits per heavy atom. The van der Waals surface area contributed by atoms with Gasteiger partial charge in [0.2, 0.25) is 0 Å². The van der Waals surface area contributed by atoms with Crippen LogP contribution in [0, 0.1) is 11.7 Å². The molecule has 0 saturated carbocycles. The number of alkyl halides is 2. The second-order valence-electron chi connectivity index (χ2n) is 5.01. The molecule has 1 aliphatic rings. The van der Waals surface area contributed by atoms with E-state index in [1.807, 2.05) is 0 Å². The van der Waals surface area contributed by atoms with Crippen LogP contribution < -0.4 is 0 Å². The lowest BCUT2D eigenvalue weighted by Gasteiger charge is -2.33. The van der Waals surface area contributed by atoms with Gasteiger partial charge in [-0.05, 0) is 37.1 Å². The summed E-state index contributed by atoms with van der Waals surface area (Å²) in [4.78, 5) is 23.7. The molecular weight excluding hydrogens is 287 g/mol. The smallest absolute Gasteiger partial charge is 0.349 e. The second-order valence-corrected chi connectivity index (χ2v) is 5.01. The van der Waals surface area contributed by atoms with Crippen LogP contribution in [0.1, 0.15) is 18.4 Å². The van der Waals surface area contributed by atoms with Crippen LogP contribution in [-0.2, 0) is 15.5 Å². The quantitative estimate of drug-likeness (QED) is 0.931. The maximum Gasteiger partial charge on any atom is 0.349 e. The Balaban J connectivity index is 2.17. The first-order valence-electron chi connectivity index (χ1n) is 6.48. The highest BCUT2D eigenvalue weighted by Crippen LogP contribution is 2.32. The number of hydrogen-bond donors (Lipinski definition) is 1. The van der Waals surface area contributed by atoms with Crippen molar-refractivity contribution in [3.63, 3.8) is 0 Å². The maximum atomic E-state index is 14.1. The van der Waals surface area contributed by atoms with Crippen molar-refractivity contribution in [2.45, 2.75) is 18.8 Å². The van der Waals surface area contributed by atoms with Gasteiger partial charge in [0.25, 0.3) is 5.91 Å². The first kappa shape index (κ1) is 15.3. The molecule has 1 saturated heterocycles. The van der Waals surface area contributed by atoms with Crippen LogP contribution in [0.15, 0.2) is 24.3 Å². The Morgan fingerprint density at radius 1 is 1.24 bits per heavy atom. The molecule has 1 fully saturated rings. The molecule has 2 rings (SSSR count). The molecule has 0 radical (unpaired) electrons. The van der Waals surface area contributed by atoms with Crippen molar-refractivity contribution >= 4 is 11.9 Å². The fourth-order valence-corrected chi connectivity index (χ4v) is 2.34. The Labute approximate surface area is 119 Å². The number of aliphatic carboxylic acids is 1. The Hall–Kier alpha value is -2.05. The van der Waals surface area contributed by atoms with Crippen LogP contribution in [0.25, 0.3) is 0 Å². The zero-order chi connectivity index (χ0) is 15.6. The van der Waals surface area contributed by atoms with Crippen molar-refractivity contribution < 1.29 is 27.9 Å². The number of likely N-dealkylation sites (tertiary alicyclic amines) is 1. The Bertz CT molecular complexity index is 545. The van der Waals surface area contributed by atoms with Crippen LogP contribution in [0.4, 0.5) is 13.2 Å². The van der Waals surface area contributed by atoms with Crippen LogP contribution in [-0.4, -0.2) is 35.0 Å². The number of piperidine rings is 1. The van der Waals surface area contributed by atoms with E-state index in [9.17, 15) is 22.8 Å². The summed E-state index contributed by atoms with van der Waals surface area (Å²) < 4.78 is 41.0. The molecule has 0 spiro atoms. The van der Waals surface area contributed by atoms with Crippen molar-refractivity contribution in [2.75, 3.05) is 13.1 Å². The number of carbonyl (C=O) groups excluding carboxylic acids is 1. The van der Waals surface area contributed by atoms with Gasteiger partial charge in [-0.25, -0.2) is 4.39 Å². The summed E-state index contributed by atoms with van der Waals surface area (Å²) in [5.74, 6) is -7.84. The fraction of sp³-hybridized carbons (Fsp3) is 0.429. The molecule has 1 atom stereocenters. The number of carbonyl (C=O) groups is 2. The largest absolute Gasteiger partial charge is 0.481 e. The van der Waals surface area contributed by atoms with Gasteiger partial charge in [0.1, 0.15) is 5.82 Å². The molecule has 0 aromatic heterocycles. The van der Waals surface area contributed by atoms with Crippen LogP contribution >= 0.6 is 0 Å². The molecular formula is C14H14F3NO3. The predicted octanol–water partition coefficient (Wildman–Crippen LogP) is 2.24. The third-order valence-corrected chi connectivity index (χ3v) is 3.53. The summed E-state index contributed by atoms with van der Waals surface area (Å²) in [7, 11) is 0. The highest BCUT2D eigenvalue weighted by Gasteiger charge is 2.45. The molecule has 1 heterocycles. The SMILES string of the molecule is O=C(O)C1CCCN(C(=O)C(F)(F)c2ccc(F)cc2)C1. The van der Waals surface area contributed by atoms with Gasteiger partial charge in [0.05, 0.1) is 5.92 Å². The summed E-state index contributed by atoms with van der Waals surface area (Å²) in [6, 6.07) is 3.41. The van der Waals surface area contributed by atoms with Crippen molar-refractivity contribution in [1.82, 2.24) is 4.90 Å². The number of nitrogens with zero attached hydrogens (tertiary/aromatic N) is 1. The van der Waals surface area contributed by atoms with Crippen molar-refractivity contribution in [2.24, 2.45) is 5.92 Å². The molecule has 1 aliphatic heterocycles. The number of hydrogen-bond acceptors (Lipinski definition) is 2. The fourth-order valence-electron chi connectivity index (χ4n) is 2.34. The lowest BCUT2D eigenvalue weighted by Crippen LogP contribution is -2.48. The summed E-state index contributed by atoms with van der Waals surface area (Å²) in [6.45, 7) is -0.135. The average molecular weight is 301 g/mol. The van der Waals surface area contributed by atoms with Gasteiger partial charge < -0.3 is 10.0 Å². The molecule has 1 N–H and O–H groups in total. The molecule has 1 amide bonds. The van der Waals surface area contributed by atoms with E-state index >= 15 is 0 Å².